The van der Waals surface area contributed by atoms with E-state index in [2.05, 4.69) is 4.98 Å². The predicted molar refractivity (Wildman–Crippen MR) is 67.3 cm³/mol. The van der Waals surface area contributed by atoms with Crippen molar-refractivity contribution in [2.75, 3.05) is 32.9 Å². The quantitative estimate of drug-likeness (QED) is 0.738. The number of hydrogen-bond acceptors (Lipinski definition) is 5. The zero-order valence-corrected chi connectivity index (χ0v) is 10.8. The van der Waals surface area contributed by atoms with Crippen LogP contribution in [-0.4, -0.2) is 55.0 Å². The largest absolute Gasteiger partial charge is 0.481 e. The Morgan fingerprint density at radius 3 is 2.89 bits per heavy atom. The van der Waals surface area contributed by atoms with Crippen molar-refractivity contribution < 1.29 is 19.1 Å². The maximum Gasteiger partial charge on any atom is 0.260 e. The molecule has 1 aromatic rings. The highest BCUT2D eigenvalue weighted by Crippen LogP contribution is 2.15. The van der Waals surface area contributed by atoms with Crippen LogP contribution in [0.2, 0.25) is 0 Å². The molecule has 0 bridgehead atoms. The minimum absolute atomic E-state index is 0.0917. The third-order valence-electron chi connectivity index (χ3n) is 2.85. The first kappa shape index (κ1) is 13.5. The summed E-state index contributed by atoms with van der Waals surface area (Å²) in [5.74, 6) is 0.225. The van der Waals surface area contributed by atoms with Gasteiger partial charge in [0.05, 0.1) is 13.2 Å². The lowest BCUT2D eigenvalue weighted by molar-refractivity contribution is -0.137. The van der Waals surface area contributed by atoms with Gasteiger partial charge in [-0.1, -0.05) is 0 Å². The Kier molecular flexibility index (Phi) is 4.46. The molecule has 1 aromatic heterocycles. The van der Waals surface area contributed by atoms with Crippen LogP contribution in [-0.2, 0) is 9.53 Å². The first-order chi connectivity index (χ1) is 9.20. The summed E-state index contributed by atoms with van der Waals surface area (Å²) in [5, 5.41) is 0. The van der Waals surface area contributed by atoms with E-state index in [0.29, 0.717) is 38.3 Å². The average Bonchev–Trinajstić information content (AvgIpc) is 2.46. The Morgan fingerprint density at radius 2 is 2.21 bits per heavy atom. The van der Waals surface area contributed by atoms with E-state index in [9.17, 15) is 9.59 Å². The summed E-state index contributed by atoms with van der Waals surface area (Å²) >= 11 is 0. The molecule has 0 saturated carbocycles. The highest BCUT2D eigenvalue weighted by atomic mass is 16.5. The van der Waals surface area contributed by atoms with Crippen LogP contribution >= 0.6 is 0 Å². The van der Waals surface area contributed by atoms with Gasteiger partial charge in [0.1, 0.15) is 11.4 Å². The van der Waals surface area contributed by atoms with Crippen molar-refractivity contribution in [3.05, 3.63) is 23.5 Å². The molecule has 1 aliphatic heterocycles. The number of morpholine rings is 1. The van der Waals surface area contributed by atoms with Crippen LogP contribution in [0.1, 0.15) is 16.2 Å². The van der Waals surface area contributed by atoms with Crippen LogP contribution < -0.4 is 4.74 Å². The van der Waals surface area contributed by atoms with Crippen molar-refractivity contribution in [2.45, 2.75) is 6.92 Å². The predicted octanol–water partition coefficient (Wildman–Crippen LogP) is 0.440. The fourth-order valence-corrected chi connectivity index (χ4v) is 1.81. The molecule has 0 unspecified atom stereocenters. The fourth-order valence-electron chi connectivity index (χ4n) is 1.81. The average molecular weight is 264 g/mol. The second-order valence-corrected chi connectivity index (χ2v) is 4.24. The summed E-state index contributed by atoms with van der Waals surface area (Å²) in [7, 11) is 0. The number of aromatic nitrogens is 1. The lowest BCUT2D eigenvalue weighted by Gasteiger charge is -2.26. The molecule has 0 atom stereocenters. The minimum atomic E-state index is -0.110. The molecule has 1 amide bonds. The van der Waals surface area contributed by atoms with Gasteiger partial charge in [0.25, 0.3) is 5.91 Å². The molecular formula is C13H16N2O4. The molecule has 1 saturated heterocycles. The van der Waals surface area contributed by atoms with E-state index < -0.39 is 0 Å². The second kappa shape index (κ2) is 6.29. The highest BCUT2D eigenvalue weighted by molar-refractivity contribution is 5.79. The molecule has 0 radical (unpaired) electrons. The monoisotopic (exact) mass is 264 g/mol. The molecule has 2 heterocycles. The van der Waals surface area contributed by atoms with Crippen LogP contribution in [0, 0.1) is 6.92 Å². The van der Waals surface area contributed by atoms with Gasteiger partial charge in [-0.25, -0.2) is 4.98 Å². The van der Waals surface area contributed by atoms with Gasteiger partial charge >= 0.3 is 0 Å². The van der Waals surface area contributed by atoms with Crippen LogP contribution in [0.3, 0.4) is 0 Å². The van der Waals surface area contributed by atoms with Crippen LogP contribution in [0.25, 0.3) is 0 Å². The SMILES string of the molecule is Cc1ccc(OCC(=O)N2CCOCC2)c(C=O)n1. The summed E-state index contributed by atoms with van der Waals surface area (Å²) in [6, 6.07) is 3.39. The number of carbonyl (C=O) groups is 2. The van der Waals surface area contributed by atoms with Crippen LogP contribution in [0.15, 0.2) is 12.1 Å². The zero-order chi connectivity index (χ0) is 13.7. The summed E-state index contributed by atoms with van der Waals surface area (Å²) < 4.78 is 10.5. The first-order valence-corrected chi connectivity index (χ1v) is 6.12. The lowest BCUT2D eigenvalue weighted by atomic mass is 10.3. The van der Waals surface area contributed by atoms with Gasteiger partial charge in [-0.2, -0.15) is 0 Å². The van der Waals surface area contributed by atoms with Gasteiger partial charge in [-0.05, 0) is 19.1 Å². The van der Waals surface area contributed by atoms with E-state index in [1.807, 2.05) is 0 Å². The van der Waals surface area contributed by atoms with E-state index in [1.165, 1.54) is 0 Å². The number of nitrogens with zero attached hydrogens (tertiary/aromatic N) is 2. The molecule has 0 N–H and O–H groups in total. The van der Waals surface area contributed by atoms with Gasteiger partial charge in [0.15, 0.2) is 12.9 Å². The maximum atomic E-state index is 11.9. The molecule has 6 nitrogen and oxygen atoms in total. The zero-order valence-electron chi connectivity index (χ0n) is 10.8. The van der Waals surface area contributed by atoms with E-state index in [4.69, 9.17) is 9.47 Å². The van der Waals surface area contributed by atoms with Crippen molar-refractivity contribution in [1.29, 1.82) is 0 Å². The molecule has 19 heavy (non-hydrogen) atoms. The van der Waals surface area contributed by atoms with Crippen molar-refractivity contribution in [2.24, 2.45) is 0 Å². The number of aryl methyl sites for hydroxylation is 1. The number of pyridine rings is 1. The third kappa shape index (κ3) is 3.51. The van der Waals surface area contributed by atoms with Crippen LogP contribution in [0.5, 0.6) is 5.75 Å². The van der Waals surface area contributed by atoms with E-state index >= 15 is 0 Å². The summed E-state index contributed by atoms with van der Waals surface area (Å²) in [5.41, 5.74) is 0.948. The second-order valence-electron chi connectivity index (χ2n) is 4.24. The van der Waals surface area contributed by atoms with E-state index in [0.717, 1.165) is 5.69 Å². The number of ether oxygens (including phenoxy) is 2. The normalized spacial score (nSPS) is 15.1. The Labute approximate surface area is 111 Å². The van der Waals surface area contributed by atoms with Crippen molar-refractivity contribution in [3.8, 4) is 5.75 Å². The molecule has 102 valence electrons. The number of hydrogen-bond donors (Lipinski definition) is 0. The fraction of sp³-hybridized carbons (Fsp3) is 0.462. The van der Waals surface area contributed by atoms with Crippen LogP contribution in [0.4, 0.5) is 0 Å². The molecule has 0 aliphatic carbocycles. The first-order valence-electron chi connectivity index (χ1n) is 6.12. The molecule has 1 fully saturated rings. The number of carbonyl (C=O) groups excluding carboxylic acids is 2. The van der Waals surface area contributed by atoms with Crippen molar-refractivity contribution >= 4 is 12.2 Å². The van der Waals surface area contributed by atoms with Gasteiger partial charge < -0.3 is 14.4 Å². The van der Waals surface area contributed by atoms with Gasteiger partial charge in [0, 0.05) is 18.8 Å². The third-order valence-corrected chi connectivity index (χ3v) is 2.85. The van der Waals surface area contributed by atoms with E-state index in [1.54, 1.807) is 24.0 Å². The molecular weight excluding hydrogens is 248 g/mol. The maximum absolute atomic E-state index is 11.9. The highest BCUT2D eigenvalue weighted by Gasteiger charge is 2.17. The molecule has 1 aliphatic rings. The van der Waals surface area contributed by atoms with E-state index in [-0.39, 0.29) is 18.2 Å². The molecule has 0 aromatic carbocycles. The number of rotatable bonds is 4. The molecule has 2 rings (SSSR count). The lowest BCUT2D eigenvalue weighted by Crippen LogP contribution is -2.43. The Bertz CT molecular complexity index is 470. The van der Waals surface area contributed by atoms with Gasteiger partial charge in [-0.3, -0.25) is 9.59 Å². The Morgan fingerprint density at radius 1 is 1.47 bits per heavy atom. The summed E-state index contributed by atoms with van der Waals surface area (Å²) in [4.78, 5) is 28.5. The number of aldehydes is 1. The van der Waals surface area contributed by atoms with Crippen molar-refractivity contribution in [1.82, 2.24) is 9.88 Å². The Hall–Kier alpha value is -1.95. The summed E-state index contributed by atoms with van der Waals surface area (Å²) in [6.07, 6.45) is 0.627. The Balaban J connectivity index is 1.94. The minimum Gasteiger partial charge on any atom is -0.481 e. The molecule has 6 heteroatoms. The van der Waals surface area contributed by atoms with Gasteiger partial charge in [-0.15, -0.1) is 0 Å². The number of amides is 1. The van der Waals surface area contributed by atoms with Crippen molar-refractivity contribution in [3.63, 3.8) is 0 Å². The molecule has 0 spiro atoms. The smallest absolute Gasteiger partial charge is 0.260 e. The standard InChI is InChI=1S/C13H16N2O4/c1-10-2-3-12(11(8-16)14-10)19-9-13(17)15-4-6-18-7-5-15/h2-3,8H,4-7,9H2,1H3. The topological polar surface area (TPSA) is 68.7 Å². The summed E-state index contributed by atoms with van der Waals surface area (Å²) in [6.45, 7) is 3.96. The van der Waals surface area contributed by atoms with Gasteiger partial charge in [0.2, 0.25) is 0 Å².